The molecular weight excluding hydrogens is 158 g/mol. The van der Waals surface area contributed by atoms with Crippen molar-refractivity contribution in [2.75, 3.05) is 0 Å². The zero-order chi connectivity index (χ0) is 9.94. The summed E-state index contributed by atoms with van der Waals surface area (Å²) >= 11 is 0. The van der Waals surface area contributed by atoms with Gasteiger partial charge in [0, 0.05) is 0 Å². The first-order chi connectivity index (χ1) is 6.31. The molecule has 3 N–H and O–H groups in total. The van der Waals surface area contributed by atoms with Crippen molar-refractivity contribution in [2.24, 2.45) is 0 Å². The third-order valence-electron chi connectivity index (χ3n) is 2.68. The second-order valence-corrected chi connectivity index (χ2v) is 4.21. The summed E-state index contributed by atoms with van der Waals surface area (Å²) in [6, 6.07) is 0.724. The molecule has 1 atom stereocenters. The van der Waals surface area contributed by atoms with Crippen LogP contribution in [-0.2, 0) is 0 Å². The van der Waals surface area contributed by atoms with E-state index in [9.17, 15) is 0 Å². The standard InChI is InChI=1S/C12H27N/c1-3-5-7-8-9-11-12(13)10-6-4-2/h12H,3-11,13H2,1-2H3/p+1. The Labute approximate surface area is 84.1 Å². The summed E-state index contributed by atoms with van der Waals surface area (Å²) < 4.78 is 0. The molecule has 1 unspecified atom stereocenters. The Balaban J connectivity index is 3.03. The molecule has 0 amide bonds. The Morgan fingerprint density at radius 1 is 0.769 bits per heavy atom. The Hall–Kier alpha value is -0.0400. The number of quaternary nitrogens is 1. The van der Waals surface area contributed by atoms with Crippen molar-refractivity contribution in [3.8, 4) is 0 Å². The molecule has 0 fully saturated rings. The molecule has 0 saturated carbocycles. The zero-order valence-corrected chi connectivity index (χ0v) is 9.65. The van der Waals surface area contributed by atoms with Crippen LogP contribution in [0.1, 0.15) is 71.6 Å². The largest absolute Gasteiger partial charge is 0.355 e. The van der Waals surface area contributed by atoms with E-state index < -0.39 is 0 Å². The minimum Gasteiger partial charge on any atom is -0.355 e. The van der Waals surface area contributed by atoms with Gasteiger partial charge in [-0.05, 0) is 25.7 Å². The van der Waals surface area contributed by atoms with Crippen molar-refractivity contribution in [1.29, 1.82) is 0 Å². The fourth-order valence-corrected chi connectivity index (χ4v) is 1.67. The highest BCUT2D eigenvalue weighted by Gasteiger charge is 2.03. The lowest BCUT2D eigenvalue weighted by Crippen LogP contribution is -2.60. The first-order valence-electron chi connectivity index (χ1n) is 6.14. The molecule has 1 nitrogen and oxygen atoms in total. The SMILES string of the molecule is CCCCCCCC([NH3+])CCCC. The third kappa shape index (κ3) is 9.88. The lowest BCUT2D eigenvalue weighted by molar-refractivity contribution is -0.423. The van der Waals surface area contributed by atoms with Crippen molar-refractivity contribution in [1.82, 2.24) is 0 Å². The van der Waals surface area contributed by atoms with Gasteiger partial charge in [0.25, 0.3) is 0 Å². The molecule has 0 aromatic carbocycles. The van der Waals surface area contributed by atoms with Gasteiger partial charge in [-0.15, -0.1) is 0 Å². The summed E-state index contributed by atoms with van der Waals surface area (Å²) in [5.41, 5.74) is 4.19. The molecule has 0 aliphatic carbocycles. The Morgan fingerprint density at radius 3 is 1.92 bits per heavy atom. The number of rotatable bonds is 9. The van der Waals surface area contributed by atoms with Gasteiger partial charge in [-0.2, -0.15) is 0 Å². The van der Waals surface area contributed by atoms with E-state index in [4.69, 9.17) is 0 Å². The topological polar surface area (TPSA) is 27.6 Å². The van der Waals surface area contributed by atoms with Crippen LogP contribution in [-0.4, -0.2) is 6.04 Å². The molecule has 0 radical (unpaired) electrons. The average Bonchev–Trinajstić information content (AvgIpc) is 2.14. The predicted octanol–water partition coefficient (Wildman–Crippen LogP) is 3.15. The molecule has 0 aliphatic rings. The maximum Gasteiger partial charge on any atom is 0.0843 e. The van der Waals surface area contributed by atoms with Crippen molar-refractivity contribution in [3.63, 3.8) is 0 Å². The molecule has 0 aliphatic heterocycles. The quantitative estimate of drug-likeness (QED) is 0.536. The van der Waals surface area contributed by atoms with Crippen LogP contribution in [0.25, 0.3) is 0 Å². The summed E-state index contributed by atoms with van der Waals surface area (Å²) in [5, 5.41) is 0. The van der Waals surface area contributed by atoms with Gasteiger partial charge in [0.1, 0.15) is 0 Å². The molecule has 0 saturated heterocycles. The summed E-state index contributed by atoms with van der Waals surface area (Å²) in [6.45, 7) is 4.53. The molecule has 80 valence electrons. The third-order valence-corrected chi connectivity index (χ3v) is 2.68. The van der Waals surface area contributed by atoms with Crippen molar-refractivity contribution in [2.45, 2.75) is 77.7 Å². The summed E-state index contributed by atoms with van der Waals surface area (Å²) in [4.78, 5) is 0. The molecule has 0 spiro atoms. The van der Waals surface area contributed by atoms with Crippen LogP contribution in [0, 0.1) is 0 Å². The highest BCUT2D eigenvalue weighted by molar-refractivity contribution is 4.54. The number of unbranched alkanes of at least 4 members (excludes halogenated alkanes) is 5. The molecule has 1 heteroatoms. The lowest BCUT2D eigenvalue weighted by atomic mass is 10.0. The summed E-state index contributed by atoms with van der Waals surface area (Å²) in [6.07, 6.45) is 12.4. The minimum atomic E-state index is 0.724. The molecular formula is C12H28N+. The van der Waals surface area contributed by atoms with E-state index in [1.165, 1.54) is 57.8 Å². The monoisotopic (exact) mass is 186 g/mol. The van der Waals surface area contributed by atoms with Crippen molar-refractivity contribution < 1.29 is 5.73 Å². The number of hydrogen-bond donors (Lipinski definition) is 1. The van der Waals surface area contributed by atoms with Gasteiger partial charge >= 0.3 is 0 Å². The predicted molar refractivity (Wildman–Crippen MR) is 59.6 cm³/mol. The second kappa shape index (κ2) is 10.0. The molecule has 0 rings (SSSR count). The lowest BCUT2D eigenvalue weighted by Gasteiger charge is -2.06. The van der Waals surface area contributed by atoms with Gasteiger partial charge in [-0.3, -0.25) is 0 Å². The van der Waals surface area contributed by atoms with Gasteiger partial charge in [0.15, 0.2) is 0 Å². The maximum atomic E-state index is 4.19. The van der Waals surface area contributed by atoms with Crippen LogP contribution in [0.5, 0.6) is 0 Å². The fraction of sp³-hybridized carbons (Fsp3) is 1.00. The van der Waals surface area contributed by atoms with Crippen LogP contribution in [0.2, 0.25) is 0 Å². The minimum absolute atomic E-state index is 0.724. The fourth-order valence-electron chi connectivity index (χ4n) is 1.67. The summed E-state index contributed by atoms with van der Waals surface area (Å²) in [5.74, 6) is 0. The van der Waals surface area contributed by atoms with Gasteiger partial charge in [-0.1, -0.05) is 46.0 Å². The van der Waals surface area contributed by atoms with Crippen LogP contribution in [0.3, 0.4) is 0 Å². The first-order valence-corrected chi connectivity index (χ1v) is 6.14. The van der Waals surface area contributed by atoms with Gasteiger partial charge in [0.2, 0.25) is 0 Å². The van der Waals surface area contributed by atoms with Gasteiger partial charge in [0.05, 0.1) is 6.04 Å². The van der Waals surface area contributed by atoms with E-state index in [1.54, 1.807) is 0 Å². The maximum absolute atomic E-state index is 4.19. The molecule has 0 aromatic rings. The van der Waals surface area contributed by atoms with E-state index in [-0.39, 0.29) is 0 Å². The van der Waals surface area contributed by atoms with E-state index in [0.717, 1.165) is 6.04 Å². The van der Waals surface area contributed by atoms with Crippen LogP contribution < -0.4 is 5.73 Å². The highest BCUT2D eigenvalue weighted by Crippen LogP contribution is 2.08. The van der Waals surface area contributed by atoms with Crippen molar-refractivity contribution in [3.05, 3.63) is 0 Å². The second-order valence-electron chi connectivity index (χ2n) is 4.21. The van der Waals surface area contributed by atoms with Crippen LogP contribution >= 0.6 is 0 Å². The molecule has 0 bridgehead atoms. The van der Waals surface area contributed by atoms with E-state index in [2.05, 4.69) is 19.6 Å². The summed E-state index contributed by atoms with van der Waals surface area (Å²) in [7, 11) is 0. The van der Waals surface area contributed by atoms with Gasteiger partial charge < -0.3 is 5.73 Å². The Kier molecular flexibility index (Phi) is 10.0. The van der Waals surface area contributed by atoms with E-state index in [0.29, 0.717) is 0 Å². The van der Waals surface area contributed by atoms with E-state index in [1.807, 2.05) is 0 Å². The van der Waals surface area contributed by atoms with Crippen LogP contribution in [0.4, 0.5) is 0 Å². The van der Waals surface area contributed by atoms with Crippen molar-refractivity contribution >= 4 is 0 Å². The molecule has 0 aromatic heterocycles. The molecule has 13 heavy (non-hydrogen) atoms. The van der Waals surface area contributed by atoms with E-state index >= 15 is 0 Å². The Morgan fingerprint density at radius 2 is 1.31 bits per heavy atom. The van der Waals surface area contributed by atoms with Crippen LogP contribution in [0.15, 0.2) is 0 Å². The van der Waals surface area contributed by atoms with Gasteiger partial charge in [-0.25, -0.2) is 0 Å². The normalized spacial score (nSPS) is 13.2. The zero-order valence-electron chi connectivity index (χ0n) is 9.65. The average molecular weight is 186 g/mol. The number of hydrogen-bond acceptors (Lipinski definition) is 0. The highest BCUT2D eigenvalue weighted by atomic mass is 14.6. The molecule has 0 heterocycles. The smallest absolute Gasteiger partial charge is 0.0843 e. The Bertz CT molecular complexity index is 91.1. The first kappa shape index (κ1) is 13.0.